The molecule has 0 heterocycles. The fourth-order valence-corrected chi connectivity index (χ4v) is 4.45. The lowest BCUT2D eigenvalue weighted by molar-refractivity contribution is -0.152. The molecule has 0 atom stereocenters. The lowest BCUT2D eigenvalue weighted by Crippen LogP contribution is -2.35. The van der Waals surface area contributed by atoms with Crippen LogP contribution in [0.4, 0.5) is 0 Å². The molecule has 0 fully saturated rings. The van der Waals surface area contributed by atoms with Gasteiger partial charge in [0.2, 0.25) is 0 Å². The third kappa shape index (κ3) is 11.1. The minimum atomic E-state index is -0.708. The van der Waals surface area contributed by atoms with E-state index in [1.807, 2.05) is 0 Å². The summed E-state index contributed by atoms with van der Waals surface area (Å²) in [5.41, 5.74) is -0.561. The molecule has 0 aliphatic carbocycles. The summed E-state index contributed by atoms with van der Waals surface area (Å²) in [4.78, 5) is 22.9. The van der Waals surface area contributed by atoms with E-state index >= 15 is 0 Å². The monoisotopic (exact) mass is 398 g/mol. The zero-order valence-electron chi connectivity index (χ0n) is 19.0. The van der Waals surface area contributed by atoms with E-state index in [2.05, 4.69) is 27.7 Å². The Morgan fingerprint density at radius 2 is 1.07 bits per heavy atom. The predicted molar refractivity (Wildman–Crippen MR) is 117 cm³/mol. The average Bonchev–Trinajstić information content (AvgIpc) is 2.67. The zero-order chi connectivity index (χ0) is 21.4. The first-order valence-corrected chi connectivity index (χ1v) is 11.8. The predicted octanol–water partition coefficient (Wildman–Crippen LogP) is 7.31. The Morgan fingerprint density at radius 1 is 0.679 bits per heavy atom. The van der Waals surface area contributed by atoms with Gasteiger partial charge < -0.3 is 10.2 Å². The van der Waals surface area contributed by atoms with Crippen molar-refractivity contribution in [2.45, 2.75) is 124 Å². The molecule has 2 N–H and O–H groups in total. The van der Waals surface area contributed by atoms with E-state index in [0.29, 0.717) is 11.8 Å². The molecule has 0 aliphatic heterocycles. The van der Waals surface area contributed by atoms with Crippen LogP contribution in [0.5, 0.6) is 0 Å². The van der Waals surface area contributed by atoms with Gasteiger partial charge in [0.25, 0.3) is 0 Å². The van der Waals surface area contributed by atoms with Gasteiger partial charge in [-0.25, -0.2) is 0 Å². The highest BCUT2D eigenvalue weighted by molar-refractivity contribution is 5.74. The minimum Gasteiger partial charge on any atom is -0.481 e. The molecule has 0 saturated heterocycles. The molecule has 0 amide bonds. The summed E-state index contributed by atoms with van der Waals surface area (Å²) in [5, 5.41) is 18.9. The molecule has 166 valence electrons. The number of carboxylic acid groups (broad SMARTS) is 2. The molecule has 0 radical (unpaired) electrons. The van der Waals surface area contributed by atoms with Crippen molar-refractivity contribution < 1.29 is 19.8 Å². The van der Waals surface area contributed by atoms with Gasteiger partial charge >= 0.3 is 11.9 Å². The average molecular weight is 399 g/mol. The summed E-state index contributed by atoms with van der Waals surface area (Å²) in [7, 11) is 0. The number of unbranched alkanes of at least 4 members (excludes halogenated alkanes) is 6. The van der Waals surface area contributed by atoms with Gasteiger partial charge in [0.05, 0.1) is 5.41 Å². The van der Waals surface area contributed by atoms with Crippen LogP contribution < -0.4 is 0 Å². The number of carboxylic acids is 2. The van der Waals surface area contributed by atoms with Crippen molar-refractivity contribution in [2.75, 3.05) is 0 Å². The highest BCUT2D eigenvalue weighted by Gasteiger charge is 2.40. The van der Waals surface area contributed by atoms with Crippen LogP contribution in [-0.4, -0.2) is 22.2 Å². The van der Waals surface area contributed by atoms with E-state index in [-0.39, 0.29) is 6.42 Å². The van der Waals surface area contributed by atoms with Crippen molar-refractivity contribution >= 4 is 11.9 Å². The lowest BCUT2D eigenvalue weighted by Gasteiger charge is -2.35. The normalized spacial score (nSPS) is 12.1. The van der Waals surface area contributed by atoms with Crippen LogP contribution in [0.25, 0.3) is 0 Å². The molecule has 4 heteroatoms. The highest BCUT2D eigenvalue weighted by Crippen LogP contribution is 2.42. The molecule has 0 spiro atoms. The van der Waals surface area contributed by atoms with Crippen molar-refractivity contribution in [1.29, 1.82) is 0 Å². The van der Waals surface area contributed by atoms with Crippen molar-refractivity contribution in [3.05, 3.63) is 0 Å². The van der Waals surface area contributed by atoms with Gasteiger partial charge in [-0.1, -0.05) is 91.9 Å². The SMILES string of the molecule is CCC(CC)CC(CCCCCCCCCC(=O)O)(CC(CC)CC)C(=O)O. The maximum Gasteiger partial charge on any atom is 0.309 e. The summed E-state index contributed by atoms with van der Waals surface area (Å²) in [5.74, 6) is -0.292. The fraction of sp³-hybridized carbons (Fsp3) is 0.917. The van der Waals surface area contributed by atoms with E-state index in [9.17, 15) is 14.7 Å². The molecule has 0 aliphatic rings. The largest absolute Gasteiger partial charge is 0.481 e. The minimum absolute atomic E-state index is 0.271. The van der Waals surface area contributed by atoms with Gasteiger partial charge in [0.15, 0.2) is 0 Å². The van der Waals surface area contributed by atoms with Crippen LogP contribution in [0.1, 0.15) is 124 Å². The molecule has 0 rings (SSSR count). The Labute approximate surface area is 173 Å². The number of aliphatic carboxylic acids is 2. The van der Waals surface area contributed by atoms with Crippen LogP contribution in [0, 0.1) is 17.3 Å². The molecule has 0 aromatic heterocycles. The van der Waals surface area contributed by atoms with E-state index in [1.165, 1.54) is 0 Å². The fourth-order valence-electron chi connectivity index (χ4n) is 4.45. The van der Waals surface area contributed by atoms with Crippen molar-refractivity contribution in [1.82, 2.24) is 0 Å². The third-order valence-electron chi connectivity index (χ3n) is 6.67. The number of hydrogen-bond donors (Lipinski definition) is 2. The van der Waals surface area contributed by atoms with E-state index < -0.39 is 17.4 Å². The van der Waals surface area contributed by atoms with E-state index in [4.69, 9.17) is 5.11 Å². The molecule has 0 saturated carbocycles. The van der Waals surface area contributed by atoms with Crippen LogP contribution in [-0.2, 0) is 9.59 Å². The summed E-state index contributed by atoms with van der Waals surface area (Å²) >= 11 is 0. The molecule has 4 nitrogen and oxygen atoms in total. The molecular weight excluding hydrogens is 352 g/mol. The smallest absolute Gasteiger partial charge is 0.309 e. The lowest BCUT2D eigenvalue weighted by atomic mass is 9.68. The second-order valence-electron chi connectivity index (χ2n) is 8.73. The van der Waals surface area contributed by atoms with E-state index in [0.717, 1.165) is 89.9 Å². The summed E-state index contributed by atoms with van der Waals surface area (Å²) in [6, 6.07) is 0. The van der Waals surface area contributed by atoms with Gasteiger partial charge in [0.1, 0.15) is 0 Å². The van der Waals surface area contributed by atoms with Gasteiger partial charge in [-0.15, -0.1) is 0 Å². The first kappa shape index (κ1) is 26.9. The van der Waals surface area contributed by atoms with Gasteiger partial charge in [-0.2, -0.15) is 0 Å². The van der Waals surface area contributed by atoms with Crippen LogP contribution in [0.15, 0.2) is 0 Å². The van der Waals surface area contributed by atoms with Crippen LogP contribution in [0.2, 0.25) is 0 Å². The first-order chi connectivity index (χ1) is 13.3. The van der Waals surface area contributed by atoms with Crippen molar-refractivity contribution in [3.8, 4) is 0 Å². The van der Waals surface area contributed by atoms with Gasteiger partial charge in [-0.3, -0.25) is 9.59 Å². The molecule has 28 heavy (non-hydrogen) atoms. The Balaban J connectivity index is 4.62. The second-order valence-corrected chi connectivity index (χ2v) is 8.73. The van der Waals surface area contributed by atoms with Crippen LogP contribution in [0.3, 0.4) is 0 Å². The third-order valence-corrected chi connectivity index (χ3v) is 6.67. The van der Waals surface area contributed by atoms with Crippen LogP contribution >= 0.6 is 0 Å². The molecule has 0 aromatic rings. The maximum atomic E-state index is 12.4. The summed E-state index contributed by atoms with van der Waals surface area (Å²) in [6.07, 6.45) is 14.1. The zero-order valence-corrected chi connectivity index (χ0v) is 19.0. The van der Waals surface area contributed by atoms with Crippen molar-refractivity contribution in [2.24, 2.45) is 17.3 Å². The molecular formula is C24H46O4. The Morgan fingerprint density at radius 3 is 1.43 bits per heavy atom. The first-order valence-electron chi connectivity index (χ1n) is 11.8. The Kier molecular flexibility index (Phi) is 15.2. The highest BCUT2D eigenvalue weighted by atomic mass is 16.4. The van der Waals surface area contributed by atoms with Gasteiger partial charge in [0, 0.05) is 6.42 Å². The molecule has 0 aromatic carbocycles. The van der Waals surface area contributed by atoms with E-state index in [1.54, 1.807) is 0 Å². The number of hydrogen-bond acceptors (Lipinski definition) is 2. The summed E-state index contributed by atoms with van der Waals surface area (Å²) < 4.78 is 0. The van der Waals surface area contributed by atoms with Crippen molar-refractivity contribution in [3.63, 3.8) is 0 Å². The Bertz CT molecular complexity index is 397. The number of rotatable bonds is 19. The molecule has 0 bridgehead atoms. The second kappa shape index (κ2) is 15.8. The molecule has 0 unspecified atom stereocenters. The standard InChI is InChI=1S/C24H46O4/c1-5-20(6-2)18-24(23(27)28,19-21(7-3)8-4)17-15-13-11-9-10-12-14-16-22(25)26/h20-21H,5-19H2,1-4H3,(H,25,26)(H,27,28). The quantitative estimate of drug-likeness (QED) is 0.224. The van der Waals surface area contributed by atoms with Gasteiger partial charge in [-0.05, 0) is 37.5 Å². The maximum absolute atomic E-state index is 12.4. The number of carbonyl (C=O) groups is 2. The Hall–Kier alpha value is -1.06. The topological polar surface area (TPSA) is 74.6 Å². The summed E-state index contributed by atoms with van der Waals surface area (Å²) in [6.45, 7) is 8.73.